The van der Waals surface area contributed by atoms with E-state index in [1.54, 1.807) is 49.6 Å². The van der Waals surface area contributed by atoms with Crippen LogP contribution in [-0.2, 0) is 6.54 Å². The van der Waals surface area contributed by atoms with Gasteiger partial charge in [-0.25, -0.2) is 9.36 Å². The summed E-state index contributed by atoms with van der Waals surface area (Å²) in [5.41, 5.74) is 1.55. The smallest absolute Gasteiger partial charge is 0.333 e. The highest BCUT2D eigenvalue weighted by atomic mass is 16.5. The van der Waals surface area contributed by atoms with Crippen LogP contribution < -0.4 is 16.0 Å². The van der Waals surface area contributed by atoms with E-state index in [2.05, 4.69) is 22.0 Å². The predicted octanol–water partition coefficient (Wildman–Crippen LogP) is 2.65. The summed E-state index contributed by atoms with van der Waals surface area (Å²) in [6.45, 7) is 3.57. The number of H-pyrrole nitrogens is 1. The Labute approximate surface area is 202 Å². The summed E-state index contributed by atoms with van der Waals surface area (Å²) in [6, 6.07) is 21.6. The number of nitrogens with one attached hydrogen (secondary N) is 1. The maximum atomic E-state index is 13.2. The fourth-order valence-corrected chi connectivity index (χ4v) is 4.44. The summed E-state index contributed by atoms with van der Waals surface area (Å²) in [7, 11) is 1.65. The van der Waals surface area contributed by atoms with Crippen molar-refractivity contribution in [1.82, 2.24) is 19.4 Å². The van der Waals surface area contributed by atoms with Crippen molar-refractivity contribution in [3.05, 3.63) is 105 Å². The number of amides is 1. The molecule has 1 aliphatic rings. The highest BCUT2D eigenvalue weighted by Gasteiger charge is 2.23. The van der Waals surface area contributed by atoms with Gasteiger partial charge in [-0.2, -0.15) is 0 Å². The van der Waals surface area contributed by atoms with E-state index < -0.39 is 11.2 Å². The number of ether oxygens (including phenoxy) is 1. The van der Waals surface area contributed by atoms with Gasteiger partial charge >= 0.3 is 5.69 Å². The molecule has 1 aromatic heterocycles. The van der Waals surface area contributed by atoms with Crippen molar-refractivity contribution in [3.63, 3.8) is 0 Å². The van der Waals surface area contributed by atoms with Crippen LogP contribution in [-0.4, -0.2) is 58.5 Å². The largest absolute Gasteiger partial charge is 0.497 e. The molecule has 8 nitrogen and oxygen atoms in total. The van der Waals surface area contributed by atoms with Crippen LogP contribution in [0.4, 0.5) is 0 Å². The molecular weight excluding hydrogens is 444 g/mol. The Kier molecular flexibility index (Phi) is 6.20. The maximum Gasteiger partial charge on any atom is 0.333 e. The number of nitrogens with zero attached hydrogens (tertiary/aromatic N) is 3. The van der Waals surface area contributed by atoms with E-state index in [-0.39, 0.29) is 5.91 Å². The van der Waals surface area contributed by atoms with E-state index in [9.17, 15) is 14.4 Å². The van der Waals surface area contributed by atoms with E-state index in [0.29, 0.717) is 35.2 Å². The van der Waals surface area contributed by atoms with Crippen molar-refractivity contribution >= 4 is 16.8 Å². The first-order valence-electron chi connectivity index (χ1n) is 11.5. The van der Waals surface area contributed by atoms with Crippen LogP contribution >= 0.6 is 0 Å². The summed E-state index contributed by atoms with van der Waals surface area (Å²) in [5.74, 6) is 0.726. The van der Waals surface area contributed by atoms with Gasteiger partial charge in [0.25, 0.3) is 11.5 Å². The lowest BCUT2D eigenvalue weighted by molar-refractivity contribution is 0.0628. The molecule has 8 heteroatoms. The molecule has 0 radical (unpaired) electrons. The normalized spacial score (nSPS) is 14.3. The number of methoxy groups -OCH3 is 1. The highest BCUT2D eigenvalue weighted by molar-refractivity contribution is 5.97. The minimum Gasteiger partial charge on any atom is -0.497 e. The summed E-state index contributed by atoms with van der Waals surface area (Å²) in [5, 5.41) is 0.356. The second kappa shape index (κ2) is 9.60. The number of fused-ring (bicyclic) bond motifs is 1. The zero-order valence-electron chi connectivity index (χ0n) is 19.4. The standard InChI is InChI=1S/C27H26N4O4/c1-35-22-10-7-19(8-11-22)18-29-13-15-30(16-14-29)25(32)20-9-12-23-24(17-20)28-27(34)31(26(23)33)21-5-3-2-4-6-21/h2-12,17H,13-16,18H2,1H3,(H,28,34). The topological polar surface area (TPSA) is 87.6 Å². The molecule has 2 heterocycles. The molecule has 1 fully saturated rings. The first kappa shape index (κ1) is 22.6. The molecular formula is C27H26N4O4. The minimum atomic E-state index is -0.537. The molecule has 1 N–H and O–H groups in total. The molecule has 1 saturated heterocycles. The number of para-hydroxylation sites is 1. The van der Waals surface area contributed by atoms with Crippen molar-refractivity contribution in [2.75, 3.05) is 33.3 Å². The fraction of sp³-hybridized carbons (Fsp3) is 0.222. The van der Waals surface area contributed by atoms with E-state index in [0.717, 1.165) is 30.0 Å². The quantitative estimate of drug-likeness (QED) is 0.485. The second-order valence-electron chi connectivity index (χ2n) is 8.58. The molecule has 4 aromatic rings. The van der Waals surface area contributed by atoms with Crippen molar-refractivity contribution in [3.8, 4) is 11.4 Å². The Morgan fingerprint density at radius 1 is 0.914 bits per heavy atom. The molecule has 1 amide bonds. The van der Waals surface area contributed by atoms with Gasteiger partial charge in [0, 0.05) is 38.3 Å². The molecule has 1 aliphatic heterocycles. The van der Waals surface area contributed by atoms with Crippen LogP contribution in [0.2, 0.25) is 0 Å². The van der Waals surface area contributed by atoms with Crippen LogP contribution in [0.15, 0.2) is 82.4 Å². The Balaban J connectivity index is 1.30. The molecule has 0 bridgehead atoms. The number of hydrogen-bond acceptors (Lipinski definition) is 5. The molecule has 0 saturated carbocycles. The van der Waals surface area contributed by atoms with Gasteiger partial charge in [0.1, 0.15) is 5.75 Å². The lowest BCUT2D eigenvalue weighted by Crippen LogP contribution is -2.48. The summed E-state index contributed by atoms with van der Waals surface area (Å²) < 4.78 is 6.31. The lowest BCUT2D eigenvalue weighted by atomic mass is 10.1. The lowest BCUT2D eigenvalue weighted by Gasteiger charge is -2.34. The van der Waals surface area contributed by atoms with E-state index >= 15 is 0 Å². The summed E-state index contributed by atoms with van der Waals surface area (Å²) in [6.07, 6.45) is 0. The minimum absolute atomic E-state index is 0.107. The molecule has 178 valence electrons. The number of hydrogen-bond donors (Lipinski definition) is 1. The second-order valence-corrected chi connectivity index (χ2v) is 8.58. The van der Waals surface area contributed by atoms with Gasteiger partial charge in [-0.3, -0.25) is 14.5 Å². The Bertz CT molecular complexity index is 1470. The van der Waals surface area contributed by atoms with E-state index in [1.807, 2.05) is 23.1 Å². The van der Waals surface area contributed by atoms with Crippen molar-refractivity contribution in [1.29, 1.82) is 0 Å². The first-order chi connectivity index (χ1) is 17.0. The Hall–Kier alpha value is -4.17. The first-order valence-corrected chi connectivity index (χ1v) is 11.5. The van der Waals surface area contributed by atoms with Crippen molar-refractivity contribution in [2.45, 2.75) is 6.54 Å². The highest BCUT2D eigenvalue weighted by Crippen LogP contribution is 2.17. The third kappa shape index (κ3) is 4.61. The SMILES string of the molecule is COc1ccc(CN2CCN(C(=O)c3ccc4c(=O)n(-c5ccccc5)c(=O)[nH]c4c3)CC2)cc1. The Morgan fingerprint density at radius 3 is 2.31 bits per heavy atom. The molecule has 3 aromatic carbocycles. The van der Waals surface area contributed by atoms with Gasteiger partial charge in [-0.05, 0) is 48.0 Å². The number of rotatable bonds is 5. The van der Waals surface area contributed by atoms with Gasteiger partial charge in [0.2, 0.25) is 0 Å². The predicted molar refractivity (Wildman–Crippen MR) is 134 cm³/mol. The Morgan fingerprint density at radius 2 is 1.63 bits per heavy atom. The number of carbonyl (C=O) groups is 1. The van der Waals surface area contributed by atoms with Crippen molar-refractivity contribution < 1.29 is 9.53 Å². The molecule has 5 rings (SSSR count). The van der Waals surface area contributed by atoms with Crippen LogP contribution in [0.1, 0.15) is 15.9 Å². The fourth-order valence-electron chi connectivity index (χ4n) is 4.44. The number of aromatic amines is 1. The zero-order chi connectivity index (χ0) is 24.4. The summed E-state index contributed by atoms with van der Waals surface area (Å²) in [4.78, 5) is 45.7. The average molecular weight is 471 g/mol. The molecule has 0 unspecified atom stereocenters. The number of benzene rings is 3. The van der Waals surface area contributed by atoms with Gasteiger partial charge in [0.05, 0.1) is 23.7 Å². The van der Waals surface area contributed by atoms with Gasteiger partial charge < -0.3 is 14.6 Å². The molecule has 0 atom stereocenters. The zero-order valence-corrected chi connectivity index (χ0v) is 19.4. The van der Waals surface area contributed by atoms with Crippen LogP contribution in [0.5, 0.6) is 5.75 Å². The molecule has 0 aliphatic carbocycles. The van der Waals surface area contributed by atoms with Crippen LogP contribution in [0.25, 0.3) is 16.6 Å². The maximum absolute atomic E-state index is 13.2. The van der Waals surface area contributed by atoms with Gasteiger partial charge in [-0.1, -0.05) is 30.3 Å². The van der Waals surface area contributed by atoms with Crippen LogP contribution in [0, 0.1) is 0 Å². The number of carbonyl (C=O) groups excluding carboxylic acids is 1. The molecule has 0 spiro atoms. The van der Waals surface area contributed by atoms with E-state index in [1.165, 1.54) is 5.56 Å². The average Bonchev–Trinajstić information content (AvgIpc) is 2.89. The van der Waals surface area contributed by atoms with Gasteiger partial charge in [0.15, 0.2) is 0 Å². The summed E-state index contributed by atoms with van der Waals surface area (Å²) >= 11 is 0. The third-order valence-corrected chi connectivity index (χ3v) is 6.38. The van der Waals surface area contributed by atoms with Crippen molar-refractivity contribution in [2.24, 2.45) is 0 Å². The number of piperazine rings is 1. The van der Waals surface area contributed by atoms with Crippen LogP contribution in [0.3, 0.4) is 0 Å². The monoisotopic (exact) mass is 470 g/mol. The number of aromatic nitrogens is 2. The molecule has 35 heavy (non-hydrogen) atoms. The third-order valence-electron chi connectivity index (χ3n) is 6.38. The van der Waals surface area contributed by atoms with E-state index in [4.69, 9.17) is 4.74 Å². The van der Waals surface area contributed by atoms with Gasteiger partial charge in [-0.15, -0.1) is 0 Å².